The van der Waals surface area contributed by atoms with Gasteiger partial charge in [-0.15, -0.1) is 12.4 Å². The van der Waals surface area contributed by atoms with Gasteiger partial charge < -0.3 is 14.6 Å². The number of methoxy groups -OCH3 is 1. The summed E-state index contributed by atoms with van der Waals surface area (Å²) in [6, 6.07) is 0. The molecular formula is C5H15ClLi2O3. The molecule has 0 saturated heterocycles. The van der Waals surface area contributed by atoms with E-state index < -0.39 is 0 Å². The zero-order chi connectivity index (χ0) is 6.24. The molecule has 0 aromatic heterocycles. The van der Waals surface area contributed by atoms with Gasteiger partial charge in [0.25, 0.3) is 0 Å². The van der Waals surface area contributed by atoms with Crippen LogP contribution in [0.3, 0.4) is 0 Å². The van der Waals surface area contributed by atoms with Crippen molar-refractivity contribution in [3.63, 3.8) is 0 Å². The second kappa shape index (κ2) is 22.5. The van der Waals surface area contributed by atoms with Gasteiger partial charge in [-0.2, -0.15) is 0 Å². The van der Waals surface area contributed by atoms with Crippen molar-refractivity contribution < 1.29 is 14.6 Å². The molecule has 0 aliphatic heterocycles. The first-order valence-electron chi connectivity index (χ1n) is 2.59. The normalized spacial score (nSPS) is 7.09. The molecular weight excluding hydrogens is 157 g/mol. The van der Waals surface area contributed by atoms with Gasteiger partial charge in [-0.1, -0.05) is 0 Å². The van der Waals surface area contributed by atoms with Gasteiger partial charge in [0, 0.05) is 7.11 Å². The van der Waals surface area contributed by atoms with Crippen LogP contribution in [0.15, 0.2) is 0 Å². The van der Waals surface area contributed by atoms with Crippen molar-refractivity contribution in [1.82, 2.24) is 0 Å². The number of hydrogen-bond acceptors (Lipinski definition) is 3. The SMILES string of the molecule is COCCOCCO.Cl.[LiH].[LiH]. The van der Waals surface area contributed by atoms with Gasteiger partial charge in [0.2, 0.25) is 0 Å². The summed E-state index contributed by atoms with van der Waals surface area (Å²) in [4.78, 5) is 0. The van der Waals surface area contributed by atoms with Crippen LogP contribution < -0.4 is 0 Å². The molecule has 0 atom stereocenters. The van der Waals surface area contributed by atoms with E-state index in [1.54, 1.807) is 7.11 Å². The summed E-state index contributed by atoms with van der Waals surface area (Å²) in [7, 11) is 1.61. The average molecular weight is 173 g/mol. The van der Waals surface area contributed by atoms with Crippen molar-refractivity contribution in [2.75, 3.05) is 33.5 Å². The second-order valence-electron chi connectivity index (χ2n) is 1.33. The van der Waals surface area contributed by atoms with Crippen molar-refractivity contribution in [1.29, 1.82) is 0 Å². The van der Waals surface area contributed by atoms with Crippen LogP contribution in [-0.2, 0) is 9.47 Å². The molecule has 0 heterocycles. The molecule has 0 spiro atoms. The third-order valence-corrected chi connectivity index (χ3v) is 0.667. The minimum absolute atomic E-state index is 0. The van der Waals surface area contributed by atoms with Crippen LogP contribution in [0.5, 0.6) is 0 Å². The molecule has 0 bridgehead atoms. The Morgan fingerprint density at radius 1 is 1.09 bits per heavy atom. The Morgan fingerprint density at radius 3 is 2.00 bits per heavy atom. The Hall–Kier alpha value is 1.36. The molecule has 0 aromatic carbocycles. The number of ether oxygens (including phenoxy) is 2. The number of aliphatic hydroxyl groups excluding tert-OH is 1. The quantitative estimate of drug-likeness (QED) is 0.417. The van der Waals surface area contributed by atoms with Crippen LogP contribution in [0.25, 0.3) is 0 Å². The summed E-state index contributed by atoms with van der Waals surface area (Å²) < 4.78 is 9.53. The van der Waals surface area contributed by atoms with Crippen molar-refractivity contribution in [2.45, 2.75) is 0 Å². The van der Waals surface area contributed by atoms with Crippen LogP contribution in [0, 0.1) is 0 Å². The Morgan fingerprint density at radius 2 is 1.64 bits per heavy atom. The number of aliphatic hydroxyl groups is 1. The Labute approximate surface area is 98.0 Å². The zero-order valence-corrected chi connectivity index (χ0v) is 6.32. The summed E-state index contributed by atoms with van der Waals surface area (Å²) in [6.07, 6.45) is 0. The van der Waals surface area contributed by atoms with Crippen LogP contribution in [0.1, 0.15) is 0 Å². The van der Waals surface area contributed by atoms with E-state index in [-0.39, 0.29) is 56.7 Å². The van der Waals surface area contributed by atoms with E-state index in [0.717, 1.165) is 0 Å². The van der Waals surface area contributed by atoms with Gasteiger partial charge in [0.1, 0.15) is 0 Å². The Bertz CT molecular complexity index is 44.7. The molecule has 0 saturated carbocycles. The van der Waals surface area contributed by atoms with Gasteiger partial charge in [-0.3, -0.25) is 0 Å². The first kappa shape index (κ1) is 22.8. The van der Waals surface area contributed by atoms with E-state index >= 15 is 0 Å². The topological polar surface area (TPSA) is 38.7 Å². The van der Waals surface area contributed by atoms with Gasteiger partial charge >= 0.3 is 37.7 Å². The molecule has 0 fully saturated rings. The maximum absolute atomic E-state index is 8.20. The second-order valence-corrected chi connectivity index (χ2v) is 1.33. The first-order valence-corrected chi connectivity index (χ1v) is 2.59. The van der Waals surface area contributed by atoms with Crippen molar-refractivity contribution in [3.05, 3.63) is 0 Å². The van der Waals surface area contributed by atoms with Crippen LogP contribution in [0.2, 0.25) is 0 Å². The molecule has 0 amide bonds. The van der Waals surface area contributed by atoms with E-state index in [2.05, 4.69) is 4.74 Å². The minimum atomic E-state index is 0. The van der Waals surface area contributed by atoms with Crippen LogP contribution in [0.4, 0.5) is 0 Å². The van der Waals surface area contributed by atoms with Gasteiger partial charge in [-0.25, -0.2) is 0 Å². The summed E-state index contributed by atoms with van der Waals surface area (Å²) in [5, 5.41) is 8.20. The molecule has 0 rings (SSSR count). The zero-order valence-electron chi connectivity index (χ0n) is 5.50. The summed E-state index contributed by atoms with van der Waals surface area (Å²) in [5.41, 5.74) is 0. The van der Waals surface area contributed by atoms with E-state index in [4.69, 9.17) is 9.84 Å². The van der Waals surface area contributed by atoms with E-state index in [1.165, 1.54) is 0 Å². The molecule has 62 valence electrons. The third-order valence-electron chi connectivity index (χ3n) is 0.667. The summed E-state index contributed by atoms with van der Waals surface area (Å²) in [5.74, 6) is 0. The standard InChI is InChI=1S/C5H12O3.ClH.2Li.2H/c1-7-4-5-8-3-2-6;;;;;/h6H,2-5H2,1H3;1H;;;;. The van der Waals surface area contributed by atoms with E-state index in [1.807, 2.05) is 0 Å². The predicted molar refractivity (Wildman–Crippen MR) is 51.3 cm³/mol. The van der Waals surface area contributed by atoms with Crippen molar-refractivity contribution >= 4 is 50.1 Å². The third kappa shape index (κ3) is 24.6. The van der Waals surface area contributed by atoms with Crippen LogP contribution >= 0.6 is 12.4 Å². The van der Waals surface area contributed by atoms with E-state index in [0.29, 0.717) is 19.8 Å². The maximum atomic E-state index is 8.20. The first-order chi connectivity index (χ1) is 3.91. The van der Waals surface area contributed by atoms with E-state index in [9.17, 15) is 0 Å². The molecule has 0 radical (unpaired) electrons. The fraction of sp³-hybridized carbons (Fsp3) is 1.00. The Kier molecular flexibility index (Phi) is 46.7. The Balaban J connectivity index is -0.0000000817. The fourth-order valence-corrected chi connectivity index (χ4v) is 0.309. The average Bonchev–Trinajstić information content (AvgIpc) is 1.81. The van der Waals surface area contributed by atoms with Crippen molar-refractivity contribution in [2.24, 2.45) is 0 Å². The predicted octanol–water partition coefficient (Wildman–Crippen LogP) is -1.23. The monoisotopic (exact) mass is 172 g/mol. The molecule has 0 aromatic rings. The molecule has 0 unspecified atom stereocenters. The molecule has 0 aliphatic carbocycles. The van der Waals surface area contributed by atoms with Crippen molar-refractivity contribution in [3.8, 4) is 0 Å². The summed E-state index contributed by atoms with van der Waals surface area (Å²) >= 11 is 0. The van der Waals surface area contributed by atoms with Gasteiger partial charge in [0.05, 0.1) is 26.4 Å². The summed E-state index contributed by atoms with van der Waals surface area (Å²) in [6.45, 7) is 1.66. The van der Waals surface area contributed by atoms with Gasteiger partial charge in [0.15, 0.2) is 0 Å². The number of hydrogen-bond donors (Lipinski definition) is 1. The molecule has 11 heavy (non-hydrogen) atoms. The molecule has 1 N–H and O–H groups in total. The fourth-order valence-electron chi connectivity index (χ4n) is 0.309. The van der Waals surface area contributed by atoms with Gasteiger partial charge in [-0.05, 0) is 0 Å². The molecule has 6 heteroatoms. The number of rotatable bonds is 5. The molecule has 0 aliphatic rings. The molecule has 3 nitrogen and oxygen atoms in total. The van der Waals surface area contributed by atoms with Crippen LogP contribution in [-0.4, -0.2) is 76.4 Å². The number of halogens is 1.